The highest BCUT2D eigenvalue weighted by Crippen LogP contribution is 2.32. The van der Waals surface area contributed by atoms with Gasteiger partial charge in [-0.1, -0.05) is 33.1 Å². The first-order chi connectivity index (χ1) is 15.5. The normalized spacial score (nSPS) is 18.1. The maximum absolute atomic E-state index is 12.6. The Morgan fingerprint density at radius 2 is 1.81 bits per heavy atom. The van der Waals surface area contributed by atoms with Crippen LogP contribution >= 0.6 is 0 Å². The number of aromatic nitrogens is 2. The van der Waals surface area contributed by atoms with Crippen molar-refractivity contribution in [3.63, 3.8) is 0 Å². The second-order valence-electron chi connectivity index (χ2n) is 8.90. The number of aromatic amines is 1. The average Bonchev–Trinajstić information content (AvgIpc) is 3.40. The SMILES string of the molecule is CCCCCC(=O)Nc1ccc(-c2nc3ccc(NC(=O)C4CCCC4C)cc3[nH]2)cc1. The monoisotopic (exact) mass is 432 g/mol. The number of carbonyl (C=O) groups is 2. The molecule has 6 heteroatoms. The molecule has 1 aromatic heterocycles. The highest BCUT2D eigenvalue weighted by Gasteiger charge is 2.29. The van der Waals surface area contributed by atoms with E-state index in [2.05, 4.69) is 34.4 Å². The molecule has 1 aliphatic carbocycles. The molecule has 4 rings (SSSR count). The van der Waals surface area contributed by atoms with Gasteiger partial charge in [-0.05, 0) is 67.6 Å². The number of anilines is 2. The molecule has 6 nitrogen and oxygen atoms in total. The molecule has 1 heterocycles. The van der Waals surface area contributed by atoms with Crippen LogP contribution in [0.2, 0.25) is 0 Å². The number of imidazole rings is 1. The minimum absolute atomic E-state index is 0.0523. The number of H-pyrrole nitrogens is 1. The van der Waals surface area contributed by atoms with Crippen LogP contribution in [0.3, 0.4) is 0 Å². The molecule has 0 saturated heterocycles. The lowest BCUT2D eigenvalue weighted by Crippen LogP contribution is -2.24. The second kappa shape index (κ2) is 9.98. The minimum atomic E-state index is 0.0523. The zero-order valence-electron chi connectivity index (χ0n) is 18.9. The van der Waals surface area contributed by atoms with Gasteiger partial charge >= 0.3 is 0 Å². The van der Waals surface area contributed by atoms with Crippen LogP contribution in [0, 0.1) is 11.8 Å². The van der Waals surface area contributed by atoms with Gasteiger partial charge in [0.1, 0.15) is 5.82 Å². The van der Waals surface area contributed by atoms with Gasteiger partial charge < -0.3 is 15.6 Å². The average molecular weight is 433 g/mol. The molecule has 2 aromatic carbocycles. The Kier molecular flexibility index (Phi) is 6.88. The number of hydrogen-bond donors (Lipinski definition) is 3. The summed E-state index contributed by atoms with van der Waals surface area (Å²) in [5, 5.41) is 6.02. The van der Waals surface area contributed by atoms with Gasteiger partial charge in [-0.2, -0.15) is 0 Å². The van der Waals surface area contributed by atoms with E-state index in [0.717, 1.165) is 72.3 Å². The summed E-state index contributed by atoms with van der Waals surface area (Å²) in [4.78, 5) is 32.6. The lowest BCUT2D eigenvalue weighted by molar-refractivity contribution is -0.120. The van der Waals surface area contributed by atoms with Crippen molar-refractivity contribution in [2.75, 3.05) is 10.6 Å². The van der Waals surface area contributed by atoms with Gasteiger partial charge in [0.2, 0.25) is 11.8 Å². The first kappa shape index (κ1) is 22.1. The number of amides is 2. The van der Waals surface area contributed by atoms with Crippen LogP contribution in [0.15, 0.2) is 42.5 Å². The Balaban J connectivity index is 1.42. The Morgan fingerprint density at radius 1 is 1.03 bits per heavy atom. The van der Waals surface area contributed by atoms with Gasteiger partial charge in [-0.25, -0.2) is 4.98 Å². The Bertz CT molecular complexity index is 1090. The van der Waals surface area contributed by atoms with Crippen LogP contribution in [-0.4, -0.2) is 21.8 Å². The first-order valence-corrected chi connectivity index (χ1v) is 11.7. The van der Waals surface area contributed by atoms with Crippen molar-refractivity contribution in [3.05, 3.63) is 42.5 Å². The molecule has 3 N–H and O–H groups in total. The van der Waals surface area contributed by atoms with E-state index in [1.807, 2.05) is 42.5 Å². The fraction of sp³-hybridized carbons (Fsp3) is 0.423. The Labute approximate surface area is 189 Å². The summed E-state index contributed by atoms with van der Waals surface area (Å²) in [6.07, 6.45) is 6.88. The molecule has 1 saturated carbocycles. The van der Waals surface area contributed by atoms with E-state index in [0.29, 0.717) is 12.3 Å². The zero-order valence-corrected chi connectivity index (χ0v) is 18.9. The predicted molar refractivity (Wildman–Crippen MR) is 129 cm³/mol. The van der Waals surface area contributed by atoms with Crippen LogP contribution in [-0.2, 0) is 9.59 Å². The van der Waals surface area contributed by atoms with Crippen molar-refractivity contribution in [2.24, 2.45) is 11.8 Å². The standard InChI is InChI=1S/C26H32N4O2/c1-3-4-5-9-24(31)27-19-12-10-18(11-13-19)25-29-22-15-14-20(16-23(22)30-25)28-26(32)21-8-6-7-17(21)2/h10-17,21H,3-9H2,1-2H3,(H,27,31)(H,28,32)(H,29,30). The molecule has 2 amide bonds. The van der Waals surface area contributed by atoms with Gasteiger partial charge in [-0.15, -0.1) is 0 Å². The predicted octanol–water partition coefficient (Wildman–Crippen LogP) is 6.12. The molecule has 0 spiro atoms. The van der Waals surface area contributed by atoms with E-state index in [1.165, 1.54) is 0 Å². The van der Waals surface area contributed by atoms with Crippen molar-refractivity contribution >= 4 is 34.2 Å². The van der Waals surface area contributed by atoms with E-state index in [4.69, 9.17) is 0 Å². The fourth-order valence-electron chi connectivity index (χ4n) is 4.46. The second-order valence-corrected chi connectivity index (χ2v) is 8.90. The molecule has 1 aliphatic rings. The molecule has 0 radical (unpaired) electrons. The number of nitrogens with one attached hydrogen (secondary N) is 3. The molecular formula is C26H32N4O2. The molecule has 32 heavy (non-hydrogen) atoms. The highest BCUT2D eigenvalue weighted by molar-refractivity contribution is 5.95. The quantitative estimate of drug-likeness (QED) is 0.375. The van der Waals surface area contributed by atoms with Crippen LogP contribution in [0.1, 0.15) is 58.8 Å². The zero-order chi connectivity index (χ0) is 22.5. The number of nitrogens with zero attached hydrogens (tertiary/aromatic N) is 1. The summed E-state index contributed by atoms with van der Waals surface area (Å²) in [7, 11) is 0. The molecule has 0 aliphatic heterocycles. The topological polar surface area (TPSA) is 86.9 Å². The number of benzene rings is 2. The minimum Gasteiger partial charge on any atom is -0.338 e. The third kappa shape index (κ3) is 5.18. The molecular weight excluding hydrogens is 400 g/mol. The number of unbranched alkanes of at least 4 members (excludes halogenated alkanes) is 2. The smallest absolute Gasteiger partial charge is 0.227 e. The molecule has 3 aromatic rings. The van der Waals surface area contributed by atoms with Crippen LogP contribution in [0.4, 0.5) is 11.4 Å². The van der Waals surface area contributed by atoms with Gasteiger partial charge in [0.05, 0.1) is 11.0 Å². The van der Waals surface area contributed by atoms with Crippen molar-refractivity contribution in [3.8, 4) is 11.4 Å². The van der Waals surface area contributed by atoms with E-state index in [9.17, 15) is 9.59 Å². The third-order valence-electron chi connectivity index (χ3n) is 6.40. The van der Waals surface area contributed by atoms with Gasteiger partial charge in [0.15, 0.2) is 0 Å². The number of fused-ring (bicyclic) bond motifs is 1. The number of rotatable bonds is 8. The lowest BCUT2D eigenvalue weighted by atomic mass is 9.97. The summed E-state index contributed by atoms with van der Waals surface area (Å²) < 4.78 is 0. The first-order valence-electron chi connectivity index (χ1n) is 11.7. The largest absolute Gasteiger partial charge is 0.338 e. The van der Waals surface area contributed by atoms with Crippen molar-refractivity contribution in [1.82, 2.24) is 9.97 Å². The summed E-state index contributed by atoms with van der Waals surface area (Å²) in [6.45, 7) is 4.28. The number of hydrogen-bond acceptors (Lipinski definition) is 3. The van der Waals surface area contributed by atoms with Crippen LogP contribution in [0.25, 0.3) is 22.4 Å². The lowest BCUT2D eigenvalue weighted by Gasteiger charge is -2.15. The highest BCUT2D eigenvalue weighted by atomic mass is 16.2. The summed E-state index contributed by atoms with van der Waals surface area (Å²) >= 11 is 0. The Morgan fingerprint density at radius 3 is 2.53 bits per heavy atom. The van der Waals surface area contributed by atoms with Crippen LogP contribution < -0.4 is 10.6 Å². The fourth-order valence-corrected chi connectivity index (χ4v) is 4.46. The maximum atomic E-state index is 12.6. The van der Waals surface area contributed by atoms with E-state index in [1.54, 1.807) is 0 Å². The molecule has 2 atom stereocenters. The van der Waals surface area contributed by atoms with E-state index < -0.39 is 0 Å². The van der Waals surface area contributed by atoms with Gasteiger partial charge in [0.25, 0.3) is 0 Å². The summed E-state index contributed by atoms with van der Waals surface area (Å²) in [5.41, 5.74) is 4.25. The third-order valence-corrected chi connectivity index (χ3v) is 6.40. The molecule has 2 unspecified atom stereocenters. The molecule has 1 fully saturated rings. The van der Waals surface area contributed by atoms with Crippen molar-refractivity contribution in [1.29, 1.82) is 0 Å². The van der Waals surface area contributed by atoms with E-state index in [-0.39, 0.29) is 17.7 Å². The van der Waals surface area contributed by atoms with Gasteiger partial charge in [0, 0.05) is 29.3 Å². The van der Waals surface area contributed by atoms with Crippen molar-refractivity contribution < 1.29 is 9.59 Å². The van der Waals surface area contributed by atoms with E-state index >= 15 is 0 Å². The summed E-state index contributed by atoms with van der Waals surface area (Å²) in [6, 6.07) is 13.5. The van der Waals surface area contributed by atoms with Crippen molar-refractivity contribution in [2.45, 2.75) is 58.8 Å². The molecule has 168 valence electrons. The van der Waals surface area contributed by atoms with Crippen LogP contribution in [0.5, 0.6) is 0 Å². The number of carbonyl (C=O) groups excluding carboxylic acids is 2. The summed E-state index contributed by atoms with van der Waals surface area (Å²) in [5.74, 6) is 1.47. The molecule has 0 bridgehead atoms. The maximum Gasteiger partial charge on any atom is 0.227 e. The Hall–Kier alpha value is -3.15. The van der Waals surface area contributed by atoms with Gasteiger partial charge in [-0.3, -0.25) is 9.59 Å².